The summed E-state index contributed by atoms with van der Waals surface area (Å²) in [5.41, 5.74) is 2.31. The summed E-state index contributed by atoms with van der Waals surface area (Å²) >= 11 is 12.2. The second-order valence-electron chi connectivity index (χ2n) is 6.63. The summed E-state index contributed by atoms with van der Waals surface area (Å²) in [7, 11) is 3.75. The number of hydrogen-bond donors (Lipinski definition) is 1. The molecule has 1 heterocycles. The quantitative estimate of drug-likeness (QED) is 0.633. The summed E-state index contributed by atoms with van der Waals surface area (Å²) < 4.78 is 12.1. The van der Waals surface area contributed by atoms with Crippen molar-refractivity contribution in [3.63, 3.8) is 0 Å². The van der Waals surface area contributed by atoms with Gasteiger partial charge in [-0.3, -0.25) is 0 Å². The molecule has 2 aromatic carbocycles. The molecule has 1 aliphatic rings. The summed E-state index contributed by atoms with van der Waals surface area (Å²) in [4.78, 5) is 0. The second kappa shape index (κ2) is 11.0. The van der Waals surface area contributed by atoms with Gasteiger partial charge >= 0.3 is 0 Å². The average Bonchev–Trinajstić information content (AvgIpc) is 3.16. The monoisotopic (exact) mass is 409 g/mol. The first-order chi connectivity index (χ1) is 13.1. The molecule has 5 heteroatoms. The highest BCUT2D eigenvalue weighted by Crippen LogP contribution is 2.40. The number of benzene rings is 2. The first-order valence-electron chi connectivity index (χ1n) is 9.43. The number of halogens is 2. The van der Waals surface area contributed by atoms with Crippen LogP contribution in [0.3, 0.4) is 0 Å². The molecule has 0 aromatic heterocycles. The molecule has 1 aliphatic heterocycles. The smallest absolute Gasteiger partial charge is 0.195 e. The minimum Gasteiger partial charge on any atom is -0.343 e. The van der Waals surface area contributed by atoms with Crippen LogP contribution in [0.2, 0.25) is 10.0 Å². The molecule has 1 fully saturated rings. The van der Waals surface area contributed by atoms with Gasteiger partial charge in [0.15, 0.2) is 5.79 Å². The van der Waals surface area contributed by atoms with Gasteiger partial charge in [-0.05, 0) is 50.6 Å². The third kappa shape index (κ3) is 5.94. The fourth-order valence-electron chi connectivity index (χ4n) is 3.34. The van der Waals surface area contributed by atoms with Crippen molar-refractivity contribution in [2.75, 3.05) is 27.3 Å². The van der Waals surface area contributed by atoms with Crippen molar-refractivity contribution in [3.8, 4) is 0 Å². The van der Waals surface area contributed by atoms with Crippen LogP contribution in [0.4, 0.5) is 0 Å². The lowest BCUT2D eigenvalue weighted by Crippen LogP contribution is -2.28. The van der Waals surface area contributed by atoms with Crippen LogP contribution in [-0.2, 0) is 15.3 Å². The molecule has 0 saturated carbocycles. The maximum atomic E-state index is 6.20. The normalized spacial score (nSPS) is 16.5. The second-order valence-corrected chi connectivity index (χ2v) is 7.45. The van der Waals surface area contributed by atoms with Gasteiger partial charge in [0.1, 0.15) is 0 Å². The molecule has 3 nitrogen and oxygen atoms in total. The molecule has 0 aliphatic carbocycles. The Morgan fingerprint density at radius 1 is 1.00 bits per heavy atom. The van der Waals surface area contributed by atoms with Gasteiger partial charge in [-0.1, -0.05) is 66.5 Å². The van der Waals surface area contributed by atoms with Crippen molar-refractivity contribution in [1.29, 1.82) is 0 Å². The Balaban J connectivity index is 0.000000817. The predicted molar refractivity (Wildman–Crippen MR) is 114 cm³/mol. The van der Waals surface area contributed by atoms with Crippen LogP contribution in [0.15, 0.2) is 48.5 Å². The van der Waals surface area contributed by atoms with E-state index in [2.05, 4.69) is 42.6 Å². The van der Waals surface area contributed by atoms with Crippen LogP contribution >= 0.6 is 23.2 Å². The van der Waals surface area contributed by atoms with E-state index < -0.39 is 5.79 Å². The maximum absolute atomic E-state index is 6.20. The Bertz CT molecular complexity index is 688. The molecule has 0 spiro atoms. The third-order valence-electron chi connectivity index (χ3n) is 4.70. The first-order valence-corrected chi connectivity index (χ1v) is 10.2. The molecule has 148 valence electrons. The van der Waals surface area contributed by atoms with E-state index in [-0.39, 0.29) is 0 Å². The van der Waals surface area contributed by atoms with Gasteiger partial charge in [0.05, 0.1) is 23.3 Å². The molecule has 27 heavy (non-hydrogen) atoms. The highest BCUT2D eigenvalue weighted by Gasteiger charge is 2.39. The van der Waals surface area contributed by atoms with E-state index in [0.717, 1.165) is 24.8 Å². The van der Waals surface area contributed by atoms with E-state index >= 15 is 0 Å². The van der Waals surface area contributed by atoms with Gasteiger partial charge in [0.25, 0.3) is 0 Å². The van der Waals surface area contributed by atoms with Gasteiger partial charge in [-0.2, -0.15) is 0 Å². The molecule has 0 bridgehead atoms. The van der Waals surface area contributed by atoms with E-state index in [9.17, 15) is 0 Å². The zero-order chi connectivity index (χ0) is 19.7. The van der Waals surface area contributed by atoms with Gasteiger partial charge < -0.3 is 14.8 Å². The lowest BCUT2D eigenvalue weighted by atomic mass is 9.88. The van der Waals surface area contributed by atoms with Crippen molar-refractivity contribution < 1.29 is 9.47 Å². The number of ether oxygens (including phenoxy) is 2. The Morgan fingerprint density at radius 3 is 2.19 bits per heavy atom. The fourth-order valence-corrected chi connectivity index (χ4v) is 3.64. The number of nitrogens with one attached hydrogen (secondary N) is 1. The van der Waals surface area contributed by atoms with Crippen LogP contribution in [0.25, 0.3) is 0 Å². The van der Waals surface area contributed by atoms with E-state index in [0.29, 0.717) is 29.2 Å². The van der Waals surface area contributed by atoms with Crippen molar-refractivity contribution >= 4 is 23.2 Å². The fraction of sp³-hybridized carbons (Fsp3) is 0.455. The van der Waals surface area contributed by atoms with Gasteiger partial charge in [0, 0.05) is 12.0 Å². The number of rotatable bonds is 6. The largest absolute Gasteiger partial charge is 0.343 e. The molecule has 1 unspecified atom stereocenters. The van der Waals surface area contributed by atoms with Crippen LogP contribution in [0.5, 0.6) is 0 Å². The molecule has 1 atom stereocenters. The van der Waals surface area contributed by atoms with Crippen LogP contribution in [0.1, 0.15) is 43.2 Å². The zero-order valence-electron chi connectivity index (χ0n) is 16.3. The minimum atomic E-state index is -0.712. The van der Waals surface area contributed by atoms with Gasteiger partial charge in [-0.15, -0.1) is 0 Å². The molecule has 2 aromatic rings. The summed E-state index contributed by atoms with van der Waals surface area (Å²) in [5.74, 6) is -0.227. The zero-order valence-corrected chi connectivity index (χ0v) is 17.8. The lowest BCUT2D eigenvalue weighted by Gasteiger charge is -2.30. The highest BCUT2D eigenvalue weighted by atomic mass is 35.5. The van der Waals surface area contributed by atoms with E-state index in [1.54, 1.807) is 6.07 Å². The van der Waals surface area contributed by atoms with Crippen molar-refractivity contribution in [2.24, 2.45) is 0 Å². The Hall–Kier alpha value is -1.10. The van der Waals surface area contributed by atoms with Crippen LogP contribution in [0, 0.1) is 0 Å². The van der Waals surface area contributed by atoms with Crippen molar-refractivity contribution in [3.05, 3.63) is 69.7 Å². The van der Waals surface area contributed by atoms with Crippen molar-refractivity contribution in [1.82, 2.24) is 5.32 Å². The lowest BCUT2D eigenvalue weighted by molar-refractivity contribution is -0.172. The molecule has 1 N–H and O–H groups in total. The molecule has 3 rings (SSSR count). The maximum Gasteiger partial charge on any atom is 0.195 e. The van der Waals surface area contributed by atoms with E-state index in [1.165, 1.54) is 5.56 Å². The van der Waals surface area contributed by atoms with Crippen molar-refractivity contribution in [2.45, 2.75) is 37.9 Å². The summed E-state index contributed by atoms with van der Waals surface area (Å²) in [6.45, 7) is 3.42. The minimum absolute atomic E-state index is 0.485. The molecule has 1 saturated heterocycles. The summed E-state index contributed by atoms with van der Waals surface area (Å²) in [6.07, 6.45) is 2.86. The molecular formula is C22H29Cl2NO2. The Morgan fingerprint density at radius 2 is 1.63 bits per heavy atom. The summed E-state index contributed by atoms with van der Waals surface area (Å²) in [6, 6.07) is 16.2. The standard InChI is InChI=1S/C20H22Cl2O2.C2H7N/c1-2-15(16-6-4-3-5-7-16)10-11-20(23-12-13-24-20)17-8-9-18(21)19(22)14-17;1-3-2/h3-9,14-15H,2,10-13H2,1H3;3H,1-2H3. The highest BCUT2D eigenvalue weighted by molar-refractivity contribution is 6.42. The predicted octanol–water partition coefficient (Wildman–Crippen LogP) is 6.00. The molecule has 0 radical (unpaired) electrons. The van der Waals surface area contributed by atoms with E-state index in [4.69, 9.17) is 32.7 Å². The Kier molecular flexibility index (Phi) is 9.07. The third-order valence-corrected chi connectivity index (χ3v) is 5.44. The van der Waals surface area contributed by atoms with Crippen LogP contribution < -0.4 is 5.32 Å². The Labute approximate surface area is 173 Å². The SMILES string of the molecule is CCC(CCC1(c2ccc(Cl)c(Cl)c2)OCCO1)c1ccccc1.CNC. The number of hydrogen-bond acceptors (Lipinski definition) is 3. The topological polar surface area (TPSA) is 30.5 Å². The van der Waals surface area contributed by atoms with Gasteiger partial charge in [0.2, 0.25) is 0 Å². The summed E-state index contributed by atoms with van der Waals surface area (Å²) in [5, 5.41) is 3.83. The average molecular weight is 410 g/mol. The molecular weight excluding hydrogens is 381 g/mol. The van der Waals surface area contributed by atoms with E-state index in [1.807, 2.05) is 26.2 Å². The molecule has 0 amide bonds. The van der Waals surface area contributed by atoms with Gasteiger partial charge in [-0.25, -0.2) is 0 Å². The van der Waals surface area contributed by atoms with Crippen LogP contribution in [-0.4, -0.2) is 27.3 Å². The first kappa shape index (κ1) is 22.2.